The fraction of sp³-hybridized carbons (Fsp3) is 0.118. The zero-order chi connectivity index (χ0) is 13.8. The molecule has 0 aliphatic heterocycles. The third-order valence-electron chi connectivity index (χ3n) is 3.17. The van der Waals surface area contributed by atoms with Crippen LogP contribution in [0, 0.1) is 0 Å². The molecule has 3 aromatic rings. The van der Waals surface area contributed by atoms with Gasteiger partial charge in [0.2, 0.25) is 0 Å². The minimum Gasteiger partial charge on any atom is -0.489 e. The zero-order valence-electron chi connectivity index (χ0n) is 11.3. The molecule has 3 nitrogen and oxygen atoms in total. The fourth-order valence-electron chi connectivity index (χ4n) is 2.07. The molecule has 1 heterocycles. The minimum absolute atomic E-state index is 0.578. The maximum absolute atomic E-state index is 5.81. The van der Waals surface area contributed by atoms with Gasteiger partial charge in [0, 0.05) is 12.4 Å². The van der Waals surface area contributed by atoms with E-state index >= 15 is 0 Å². The summed E-state index contributed by atoms with van der Waals surface area (Å²) in [6, 6.07) is 20.1. The van der Waals surface area contributed by atoms with Crippen LogP contribution in [-0.4, -0.2) is 12.0 Å². The molecule has 20 heavy (non-hydrogen) atoms. The summed E-state index contributed by atoms with van der Waals surface area (Å²) in [5, 5.41) is 4.12. The first kappa shape index (κ1) is 12.5. The SMILES string of the molecule is CNc1ccc2cc(OCc3ccccc3)ccc2n1. The van der Waals surface area contributed by atoms with Gasteiger partial charge >= 0.3 is 0 Å². The molecular weight excluding hydrogens is 248 g/mol. The molecule has 0 amide bonds. The second-order valence-corrected chi connectivity index (χ2v) is 4.58. The summed E-state index contributed by atoms with van der Waals surface area (Å²) in [6.45, 7) is 0.578. The lowest BCUT2D eigenvalue weighted by Gasteiger charge is -2.08. The van der Waals surface area contributed by atoms with Crippen LogP contribution in [0.25, 0.3) is 10.9 Å². The van der Waals surface area contributed by atoms with E-state index in [1.165, 1.54) is 0 Å². The van der Waals surface area contributed by atoms with Crippen molar-refractivity contribution in [2.45, 2.75) is 6.61 Å². The van der Waals surface area contributed by atoms with Gasteiger partial charge in [0.05, 0.1) is 5.52 Å². The van der Waals surface area contributed by atoms with Crippen LogP contribution in [0.2, 0.25) is 0 Å². The van der Waals surface area contributed by atoms with Crippen molar-refractivity contribution in [3.8, 4) is 5.75 Å². The molecule has 0 saturated heterocycles. The molecule has 0 fully saturated rings. The standard InChI is InChI=1S/C17H16N2O/c1-18-17-10-7-14-11-15(8-9-16(14)19-17)20-12-13-5-3-2-4-6-13/h2-11H,12H2,1H3,(H,18,19). The second-order valence-electron chi connectivity index (χ2n) is 4.58. The Balaban J connectivity index is 1.79. The van der Waals surface area contributed by atoms with Crippen LogP contribution >= 0.6 is 0 Å². The highest BCUT2D eigenvalue weighted by molar-refractivity contribution is 5.81. The number of nitrogens with zero attached hydrogens (tertiary/aromatic N) is 1. The third kappa shape index (κ3) is 2.72. The summed E-state index contributed by atoms with van der Waals surface area (Å²) in [5.74, 6) is 1.73. The molecular formula is C17H16N2O. The number of anilines is 1. The van der Waals surface area contributed by atoms with Crippen LogP contribution in [-0.2, 0) is 6.61 Å². The van der Waals surface area contributed by atoms with Gasteiger partial charge in [-0.25, -0.2) is 4.98 Å². The molecule has 1 N–H and O–H groups in total. The average molecular weight is 264 g/mol. The Hall–Kier alpha value is -2.55. The highest BCUT2D eigenvalue weighted by atomic mass is 16.5. The van der Waals surface area contributed by atoms with Gasteiger partial charge in [0.1, 0.15) is 18.2 Å². The molecule has 0 aliphatic rings. The Morgan fingerprint density at radius 2 is 1.85 bits per heavy atom. The lowest BCUT2D eigenvalue weighted by molar-refractivity contribution is 0.306. The first-order chi connectivity index (χ1) is 9.85. The molecule has 0 atom stereocenters. The number of pyridine rings is 1. The third-order valence-corrected chi connectivity index (χ3v) is 3.17. The second kappa shape index (κ2) is 5.61. The van der Waals surface area contributed by atoms with Crippen LogP contribution in [0.15, 0.2) is 60.7 Å². The number of aromatic nitrogens is 1. The van der Waals surface area contributed by atoms with Crippen molar-refractivity contribution in [2.75, 3.05) is 12.4 Å². The predicted octanol–water partition coefficient (Wildman–Crippen LogP) is 3.86. The van der Waals surface area contributed by atoms with E-state index in [0.29, 0.717) is 6.61 Å². The van der Waals surface area contributed by atoms with E-state index in [9.17, 15) is 0 Å². The summed E-state index contributed by atoms with van der Waals surface area (Å²) < 4.78 is 5.81. The number of benzene rings is 2. The maximum Gasteiger partial charge on any atom is 0.126 e. The Bertz CT molecular complexity index is 711. The topological polar surface area (TPSA) is 34.1 Å². The van der Waals surface area contributed by atoms with Gasteiger partial charge in [0.15, 0.2) is 0 Å². The molecule has 100 valence electrons. The van der Waals surface area contributed by atoms with E-state index in [4.69, 9.17) is 4.74 Å². The van der Waals surface area contributed by atoms with E-state index in [-0.39, 0.29) is 0 Å². The fourth-order valence-corrected chi connectivity index (χ4v) is 2.07. The van der Waals surface area contributed by atoms with Gasteiger partial charge in [0.25, 0.3) is 0 Å². The van der Waals surface area contributed by atoms with Crippen LogP contribution in [0.4, 0.5) is 5.82 Å². The molecule has 0 radical (unpaired) electrons. The van der Waals surface area contributed by atoms with E-state index in [1.54, 1.807) is 0 Å². The van der Waals surface area contributed by atoms with Crippen molar-refractivity contribution >= 4 is 16.7 Å². The van der Waals surface area contributed by atoms with Crippen LogP contribution in [0.1, 0.15) is 5.56 Å². The summed E-state index contributed by atoms with van der Waals surface area (Å²) in [6.07, 6.45) is 0. The first-order valence-corrected chi connectivity index (χ1v) is 6.60. The van der Waals surface area contributed by atoms with Crippen molar-refractivity contribution < 1.29 is 4.74 Å². The van der Waals surface area contributed by atoms with Crippen LogP contribution < -0.4 is 10.1 Å². The van der Waals surface area contributed by atoms with E-state index < -0.39 is 0 Å². The minimum atomic E-state index is 0.578. The maximum atomic E-state index is 5.81. The number of rotatable bonds is 4. The van der Waals surface area contributed by atoms with Crippen LogP contribution in [0.5, 0.6) is 5.75 Å². The lowest BCUT2D eigenvalue weighted by Crippen LogP contribution is -1.95. The monoisotopic (exact) mass is 264 g/mol. The smallest absolute Gasteiger partial charge is 0.126 e. The average Bonchev–Trinajstić information content (AvgIpc) is 2.53. The van der Waals surface area contributed by atoms with Crippen LogP contribution in [0.3, 0.4) is 0 Å². The van der Waals surface area contributed by atoms with E-state index in [1.807, 2.05) is 55.6 Å². The predicted molar refractivity (Wildman–Crippen MR) is 82.1 cm³/mol. The van der Waals surface area contributed by atoms with Gasteiger partial charge in [-0.1, -0.05) is 30.3 Å². The quantitative estimate of drug-likeness (QED) is 0.777. The van der Waals surface area contributed by atoms with Gasteiger partial charge in [-0.15, -0.1) is 0 Å². The van der Waals surface area contributed by atoms with Gasteiger partial charge in [-0.3, -0.25) is 0 Å². The normalized spacial score (nSPS) is 10.4. The van der Waals surface area contributed by atoms with Gasteiger partial charge in [-0.05, 0) is 35.9 Å². The van der Waals surface area contributed by atoms with Gasteiger partial charge in [-0.2, -0.15) is 0 Å². The van der Waals surface area contributed by atoms with Crippen molar-refractivity contribution in [3.63, 3.8) is 0 Å². The Morgan fingerprint density at radius 3 is 2.65 bits per heavy atom. The molecule has 2 aromatic carbocycles. The van der Waals surface area contributed by atoms with Crippen molar-refractivity contribution in [1.29, 1.82) is 0 Å². The number of fused-ring (bicyclic) bond motifs is 1. The summed E-state index contributed by atoms with van der Waals surface area (Å²) in [7, 11) is 1.87. The number of hydrogen-bond donors (Lipinski definition) is 1. The first-order valence-electron chi connectivity index (χ1n) is 6.60. The number of ether oxygens (including phenoxy) is 1. The number of hydrogen-bond acceptors (Lipinski definition) is 3. The van der Waals surface area contributed by atoms with Crippen molar-refractivity contribution in [1.82, 2.24) is 4.98 Å². The van der Waals surface area contributed by atoms with E-state index in [2.05, 4.69) is 22.4 Å². The molecule has 0 aliphatic carbocycles. The molecule has 3 rings (SSSR count). The lowest BCUT2D eigenvalue weighted by atomic mass is 10.2. The highest BCUT2D eigenvalue weighted by Gasteiger charge is 2.00. The summed E-state index contributed by atoms with van der Waals surface area (Å²) in [5.41, 5.74) is 2.13. The van der Waals surface area contributed by atoms with Crippen molar-refractivity contribution in [2.24, 2.45) is 0 Å². The molecule has 3 heteroatoms. The number of nitrogens with one attached hydrogen (secondary N) is 1. The zero-order valence-corrected chi connectivity index (χ0v) is 11.3. The summed E-state index contributed by atoms with van der Waals surface area (Å²) in [4.78, 5) is 4.49. The molecule has 0 saturated carbocycles. The van der Waals surface area contributed by atoms with Gasteiger partial charge < -0.3 is 10.1 Å². The largest absolute Gasteiger partial charge is 0.489 e. The highest BCUT2D eigenvalue weighted by Crippen LogP contribution is 2.21. The Kier molecular flexibility index (Phi) is 3.50. The van der Waals surface area contributed by atoms with E-state index in [0.717, 1.165) is 28.0 Å². The molecule has 0 spiro atoms. The molecule has 0 bridgehead atoms. The molecule has 1 aromatic heterocycles. The summed E-state index contributed by atoms with van der Waals surface area (Å²) >= 11 is 0. The Morgan fingerprint density at radius 1 is 1.00 bits per heavy atom. The molecule has 0 unspecified atom stereocenters. The Labute approximate surface area is 118 Å². The van der Waals surface area contributed by atoms with Crippen molar-refractivity contribution in [3.05, 3.63) is 66.2 Å².